The first kappa shape index (κ1) is 11.4. The Hall–Kier alpha value is -0.710. The molecule has 80 valence electrons. The van der Waals surface area contributed by atoms with Crippen LogP contribution in [0.15, 0.2) is 5.16 Å². The number of aryl methyl sites for hydroxylation is 1. The van der Waals surface area contributed by atoms with Gasteiger partial charge in [-0.05, 0) is 6.42 Å². The molecule has 0 bridgehead atoms. The molecule has 0 aromatic carbocycles. The van der Waals surface area contributed by atoms with Crippen LogP contribution in [0.1, 0.15) is 39.4 Å². The van der Waals surface area contributed by atoms with Crippen molar-refractivity contribution in [3.8, 4) is 0 Å². The first-order valence-electron chi connectivity index (χ1n) is 5.01. The summed E-state index contributed by atoms with van der Waals surface area (Å²) in [6, 6.07) is 0. The number of aromatic nitrogens is 3. The molecule has 0 saturated carbocycles. The zero-order valence-electron chi connectivity index (χ0n) is 9.03. The number of nitrogens with two attached hydrogens (primary N) is 1. The highest BCUT2D eigenvalue weighted by Gasteiger charge is 2.10. The van der Waals surface area contributed by atoms with Crippen molar-refractivity contribution in [2.75, 3.05) is 5.84 Å². The topological polar surface area (TPSA) is 56.7 Å². The molecule has 0 radical (unpaired) electrons. The molecular formula is C9H18N4S. The number of nitrogens with zero attached hydrogens (tertiary/aromatic N) is 3. The van der Waals surface area contributed by atoms with E-state index in [2.05, 4.69) is 31.0 Å². The van der Waals surface area contributed by atoms with E-state index < -0.39 is 0 Å². The van der Waals surface area contributed by atoms with E-state index in [9.17, 15) is 0 Å². The molecule has 0 spiro atoms. The van der Waals surface area contributed by atoms with E-state index in [-0.39, 0.29) is 0 Å². The predicted octanol–water partition coefficient (Wildman–Crippen LogP) is 1.83. The lowest BCUT2D eigenvalue weighted by atomic mass is 10.2. The molecule has 1 rings (SSSR count). The summed E-state index contributed by atoms with van der Waals surface area (Å²) in [6.07, 6.45) is 3.18. The Morgan fingerprint density at radius 1 is 1.43 bits per heavy atom. The Morgan fingerprint density at radius 2 is 2.14 bits per heavy atom. The Bertz CT molecular complexity index is 282. The van der Waals surface area contributed by atoms with Gasteiger partial charge in [-0.3, -0.25) is 0 Å². The van der Waals surface area contributed by atoms with Gasteiger partial charge in [-0.25, -0.2) is 4.68 Å². The van der Waals surface area contributed by atoms with E-state index in [0.717, 1.165) is 30.2 Å². The molecule has 5 heteroatoms. The molecule has 0 amide bonds. The van der Waals surface area contributed by atoms with Crippen molar-refractivity contribution < 1.29 is 0 Å². The number of nitrogen functional groups attached to an aromatic ring is 1. The lowest BCUT2D eigenvalue weighted by Crippen LogP contribution is -2.14. The lowest BCUT2D eigenvalue weighted by molar-refractivity contribution is 0.712. The van der Waals surface area contributed by atoms with E-state index in [1.165, 1.54) is 0 Å². The van der Waals surface area contributed by atoms with Crippen LogP contribution in [0.2, 0.25) is 0 Å². The van der Waals surface area contributed by atoms with E-state index in [1.807, 2.05) is 0 Å². The van der Waals surface area contributed by atoms with Crippen LogP contribution in [-0.4, -0.2) is 20.1 Å². The van der Waals surface area contributed by atoms with Crippen LogP contribution in [-0.2, 0) is 6.42 Å². The fourth-order valence-electron chi connectivity index (χ4n) is 1.10. The molecule has 1 aromatic rings. The summed E-state index contributed by atoms with van der Waals surface area (Å²) in [5, 5.41) is 9.43. The van der Waals surface area contributed by atoms with Gasteiger partial charge < -0.3 is 5.84 Å². The Morgan fingerprint density at radius 3 is 2.71 bits per heavy atom. The summed E-state index contributed by atoms with van der Waals surface area (Å²) in [6.45, 7) is 6.39. The van der Waals surface area contributed by atoms with Gasteiger partial charge in [0.2, 0.25) is 5.16 Å². The Labute approximate surface area is 89.2 Å². The standard InChI is InChI=1S/C9H18N4S/c1-4-5-6-8-11-12-9(13(8)10)14-7(2)3/h7H,4-6,10H2,1-3H3. The summed E-state index contributed by atoms with van der Waals surface area (Å²) in [7, 11) is 0. The van der Waals surface area contributed by atoms with E-state index >= 15 is 0 Å². The van der Waals surface area contributed by atoms with E-state index in [0.29, 0.717) is 5.25 Å². The first-order chi connectivity index (χ1) is 6.65. The lowest BCUT2D eigenvalue weighted by Gasteiger charge is -2.04. The third-order valence-electron chi connectivity index (χ3n) is 1.83. The van der Waals surface area contributed by atoms with Gasteiger partial charge in [0.05, 0.1) is 0 Å². The minimum absolute atomic E-state index is 0.487. The number of rotatable bonds is 5. The SMILES string of the molecule is CCCCc1nnc(SC(C)C)n1N. The minimum atomic E-state index is 0.487. The number of hydrogen-bond donors (Lipinski definition) is 1. The zero-order chi connectivity index (χ0) is 10.6. The normalized spacial score (nSPS) is 11.1. The molecule has 0 aliphatic carbocycles. The smallest absolute Gasteiger partial charge is 0.210 e. The molecule has 4 nitrogen and oxygen atoms in total. The summed E-state index contributed by atoms with van der Waals surface area (Å²) in [4.78, 5) is 0. The van der Waals surface area contributed by atoms with Gasteiger partial charge in [0, 0.05) is 11.7 Å². The fraction of sp³-hybridized carbons (Fsp3) is 0.778. The van der Waals surface area contributed by atoms with Crippen LogP contribution < -0.4 is 5.84 Å². The Balaban J connectivity index is 2.65. The molecular weight excluding hydrogens is 196 g/mol. The van der Waals surface area contributed by atoms with Crippen molar-refractivity contribution in [2.45, 2.75) is 50.4 Å². The van der Waals surface area contributed by atoms with Gasteiger partial charge in [0.15, 0.2) is 5.82 Å². The number of hydrogen-bond acceptors (Lipinski definition) is 4. The van der Waals surface area contributed by atoms with Gasteiger partial charge in [-0.1, -0.05) is 39.0 Å². The van der Waals surface area contributed by atoms with Crippen LogP contribution in [0, 0.1) is 0 Å². The fourth-order valence-corrected chi connectivity index (χ4v) is 1.83. The van der Waals surface area contributed by atoms with Crippen LogP contribution in [0.5, 0.6) is 0 Å². The third kappa shape index (κ3) is 2.90. The van der Waals surface area contributed by atoms with Crippen molar-refractivity contribution in [2.24, 2.45) is 0 Å². The van der Waals surface area contributed by atoms with Crippen molar-refractivity contribution in [3.63, 3.8) is 0 Å². The average molecular weight is 214 g/mol. The highest BCUT2D eigenvalue weighted by atomic mass is 32.2. The summed E-state index contributed by atoms with van der Waals surface area (Å²) >= 11 is 1.64. The number of unbranched alkanes of at least 4 members (excludes halogenated alkanes) is 1. The minimum Gasteiger partial charge on any atom is -0.336 e. The number of thioether (sulfide) groups is 1. The monoisotopic (exact) mass is 214 g/mol. The van der Waals surface area contributed by atoms with Crippen LogP contribution in [0.25, 0.3) is 0 Å². The van der Waals surface area contributed by atoms with Crippen molar-refractivity contribution >= 4 is 11.8 Å². The van der Waals surface area contributed by atoms with E-state index in [4.69, 9.17) is 5.84 Å². The van der Waals surface area contributed by atoms with Crippen LogP contribution >= 0.6 is 11.8 Å². The van der Waals surface area contributed by atoms with Crippen molar-refractivity contribution in [1.82, 2.24) is 14.9 Å². The molecule has 1 heterocycles. The molecule has 0 saturated heterocycles. The second-order valence-corrected chi connectivity index (χ2v) is 5.08. The molecule has 2 N–H and O–H groups in total. The Kier molecular flexibility index (Phi) is 4.25. The maximum absolute atomic E-state index is 5.86. The van der Waals surface area contributed by atoms with Crippen LogP contribution in [0.4, 0.5) is 0 Å². The maximum Gasteiger partial charge on any atom is 0.210 e. The molecule has 0 atom stereocenters. The van der Waals surface area contributed by atoms with Gasteiger partial charge in [-0.2, -0.15) is 0 Å². The maximum atomic E-state index is 5.86. The quantitative estimate of drug-likeness (QED) is 0.600. The van der Waals surface area contributed by atoms with Gasteiger partial charge in [0.1, 0.15) is 0 Å². The molecule has 1 aromatic heterocycles. The summed E-state index contributed by atoms with van der Waals surface area (Å²) < 4.78 is 1.61. The third-order valence-corrected chi connectivity index (χ3v) is 2.79. The van der Waals surface area contributed by atoms with Crippen molar-refractivity contribution in [3.05, 3.63) is 5.82 Å². The molecule has 0 aliphatic rings. The summed E-state index contributed by atoms with van der Waals surface area (Å²) in [5.74, 6) is 6.75. The second-order valence-electron chi connectivity index (χ2n) is 3.54. The van der Waals surface area contributed by atoms with Gasteiger partial charge >= 0.3 is 0 Å². The highest BCUT2D eigenvalue weighted by molar-refractivity contribution is 7.99. The predicted molar refractivity (Wildman–Crippen MR) is 59.8 cm³/mol. The highest BCUT2D eigenvalue weighted by Crippen LogP contribution is 2.19. The summed E-state index contributed by atoms with van der Waals surface area (Å²) in [5.41, 5.74) is 0. The van der Waals surface area contributed by atoms with Crippen LogP contribution in [0.3, 0.4) is 0 Å². The average Bonchev–Trinajstić information content (AvgIpc) is 2.45. The molecule has 0 aliphatic heterocycles. The van der Waals surface area contributed by atoms with Crippen molar-refractivity contribution in [1.29, 1.82) is 0 Å². The molecule has 0 unspecified atom stereocenters. The zero-order valence-corrected chi connectivity index (χ0v) is 9.84. The van der Waals surface area contributed by atoms with Gasteiger partial charge in [-0.15, -0.1) is 10.2 Å². The second kappa shape index (κ2) is 5.24. The first-order valence-corrected chi connectivity index (χ1v) is 5.89. The largest absolute Gasteiger partial charge is 0.336 e. The van der Waals surface area contributed by atoms with E-state index in [1.54, 1.807) is 16.4 Å². The van der Waals surface area contributed by atoms with Gasteiger partial charge in [0.25, 0.3) is 0 Å². The molecule has 0 fully saturated rings. The molecule has 14 heavy (non-hydrogen) atoms.